The number of hydrogen-bond donors (Lipinski definition) is 1. The van der Waals surface area contributed by atoms with Gasteiger partial charge in [0.15, 0.2) is 0 Å². The molecule has 6 heteroatoms. The van der Waals surface area contributed by atoms with Gasteiger partial charge in [-0.2, -0.15) is 0 Å². The van der Waals surface area contributed by atoms with Gasteiger partial charge < -0.3 is 10.0 Å². The number of nitrogens with zero attached hydrogens (tertiary/aromatic N) is 3. The lowest BCUT2D eigenvalue weighted by molar-refractivity contribution is -0.149. The molecule has 2 saturated carbocycles. The number of aromatic nitrogens is 2. The Morgan fingerprint density at radius 2 is 1.96 bits per heavy atom. The Morgan fingerprint density at radius 1 is 1.17 bits per heavy atom. The van der Waals surface area contributed by atoms with Crippen LogP contribution in [0.3, 0.4) is 0 Å². The Kier molecular flexibility index (Phi) is 3.77. The third-order valence-corrected chi connectivity index (χ3v) is 6.21. The van der Waals surface area contributed by atoms with Crippen LogP contribution in [-0.4, -0.2) is 44.4 Å². The van der Waals surface area contributed by atoms with Gasteiger partial charge in [0.05, 0.1) is 5.41 Å². The molecule has 3 aliphatic rings. The highest BCUT2D eigenvalue weighted by Crippen LogP contribution is 2.49. The number of fused-ring (bicyclic) bond motifs is 1. The van der Waals surface area contributed by atoms with Crippen LogP contribution in [0.5, 0.6) is 0 Å². The minimum absolute atomic E-state index is 0.133. The van der Waals surface area contributed by atoms with Crippen LogP contribution in [0.2, 0.25) is 0 Å². The molecule has 1 aromatic heterocycles. The second kappa shape index (κ2) is 5.83. The molecule has 2 atom stereocenters. The van der Waals surface area contributed by atoms with Crippen molar-refractivity contribution in [2.75, 3.05) is 6.54 Å². The van der Waals surface area contributed by atoms with E-state index in [1.54, 1.807) is 17.2 Å². The van der Waals surface area contributed by atoms with Gasteiger partial charge in [-0.1, -0.05) is 19.3 Å². The summed E-state index contributed by atoms with van der Waals surface area (Å²) in [6.45, 7) is 0.512. The Labute approximate surface area is 141 Å². The van der Waals surface area contributed by atoms with Crippen molar-refractivity contribution in [2.45, 2.75) is 63.3 Å². The molecule has 0 unspecified atom stereocenters. The number of aliphatic carboxylic acids is 1. The topological polar surface area (TPSA) is 83.4 Å². The molecule has 1 aromatic rings. The number of rotatable bonds is 3. The first-order chi connectivity index (χ1) is 11.6. The summed E-state index contributed by atoms with van der Waals surface area (Å²) in [5.41, 5.74) is -0.322. The predicted molar refractivity (Wildman–Crippen MR) is 86.6 cm³/mol. The van der Waals surface area contributed by atoms with E-state index in [0.717, 1.165) is 31.5 Å². The number of carbonyl (C=O) groups is 2. The highest BCUT2D eigenvalue weighted by Gasteiger charge is 2.56. The zero-order chi connectivity index (χ0) is 16.7. The molecular weight excluding hydrogens is 306 g/mol. The average Bonchev–Trinajstić information content (AvgIpc) is 3.30. The summed E-state index contributed by atoms with van der Waals surface area (Å²) in [5, 5.41) is 9.67. The summed E-state index contributed by atoms with van der Waals surface area (Å²) in [6.07, 6.45) is 9.12. The van der Waals surface area contributed by atoms with Gasteiger partial charge in [0.2, 0.25) is 0 Å². The molecule has 1 N–H and O–H groups in total. The number of likely N-dealkylation sites (tertiary alicyclic amines) is 1. The van der Waals surface area contributed by atoms with Crippen molar-refractivity contribution in [3.05, 3.63) is 23.8 Å². The maximum absolute atomic E-state index is 13.0. The van der Waals surface area contributed by atoms with Crippen molar-refractivity contribution in [2.24, 2.45) is 5.41 Å². The summed E-state index contributed by atoms with van der Waals surface area (Å²) >= 11 is 0. The van der Waals surface area contributed by atoms with Gasteiger partial charge in [-0.15, -0.1) is 0 Å². The fourth-order valence-electron chi connectivity index (χ4n) is 4.90. The summed E-state index contributed by atoms with van der Waals surface area (Å²) < 4.78 is 0. The molecule has 1 saturated heterocycles. The fourth-order valence-corrected chi connectivity index (χ4v) is 4.90. The largest absolute Gasteiger partial charge is 0.481 e. The minimum atomic E-state index is -0.755. The molecule has 128 valence electrons. The van der Waals surface area contributed by atoms with Crippen molar-refractivity contribution in [1.29, 1.82) is 0 Å². The van der Waals surface area contributed by atoms with Crippen LogP contribution in [0, 0.1) is 5.41 Å². The molecule has 0 aromatic carbocycles. The van der Waals surface area contributed by atoms with Crippen LogP contribution < -0.4 is 0 Å². The van der Waals surface area contributed by atoms with Crippen LogP contribution >= 0.6 is 0 Å². The predicted octanol–water partition coefficient (Wildman–Crippen LogP) is 2.60. The van der Waals surface area contributed by atoms with E-state index >= 15 is 0 Å². The number of carboxylic acids is 1. The Balaban J connectivity index is 1.58. The van der Waals surface area contributed by atoms with E-state index in [1.165, 1.54) is 12.8 Å². The first-order valence-corrected chi connectivity index (χ1v) is 8.99. The van der Waals surface area contributed by atoms with Crippen LogP contribution in [0.1, 0.15) is 73.6 Å². The summed E-state index contributed by atoms with van der Waals surface area (Å²) in [7, 11) is 0. The molecule has 0 spiro atoms. The number of hydrogen-bond acceptors (Lipinski definition) is 4. The Hall–Kier alpha value is -1.98. The van der Waals surface area contributed by atoms with Crippen molar-refractivity contribution in [3.8, 4) is 0 Å². The van der Waals surface area contributed by atoms with Gasteiger partial charge in [-0.3, -0.25) is 9.59 Å². The standard InChI is InChI=1S/C18H23N3O3/c22-16(13-7-10-19-15(20-13)12-4-1-2-5-12)21-11-9-18(17(23)24)8-3-6-14(18)21/h7,10,12,14H,1-6,8-9,11H2,(H,23,24)/t14-,18+/m1/s1. The minimum Gasteiger partial charge on any atom is -0.481 e. The second-order valence-corrected chi connectivity index (χ2v) is 7.40. The van der Waals surface area contributed by atoms with E-state index in [4.69, 9.17) is 0 Å². The van der Waals surface area contributed by atoms with E-state index < -0.39 is 11.4 Å². The third-order valence-electron chi connectivity index (χ3n) is 6.21. The molecule has 1 amide bonds. The summed E-state index contributed by atoms with van der Waals surface area (Å²) in [5.74, 6) is 0.246. The maximum atomic E-state index is 13.0. The lowest BCUT2D eigenvalue weighted by Crippen LogP contribution is -2.43. The first-order valence-electron chi connectivity index (χ1n) is 8.99. The van der Waals surface area contributed by atoms with E-state index in [0.29, 0.717) is 31.0 Å². The van der Waals surface area contributed by atoms with Crippen molar-refractivity contribution in [3.63, 3.8) is 0 Å². The van der Waals surface area contributed by atoms with Crippen molar-refractivity contribution < 1.29 is 14.7 Å². The monoisotopic (exact) mass is 329 g/mol. The molecule has 0 radical (unpaired) electrons. The van der Waals surface area contributed by atoms with E-state index in [1.807, 2.05) is 0 Å². The molecule has 1 aliphatic heterocycles. The van der Waals surface area contributed by atoms with E-state index in [2.05, 4.69) is 9.97 Å². The molecule has 4 rings (SSSR count). The highest BCUT2D eigenvalue weighted by molar-refractivity contribution is 5.93. The van der Waals surface area contributed by atoms with E-state index in [-0.39, 0.29) is 11.9 Å². The SMILES string of the molecule is O=C(c1ccnc(C2CCCC2)n1)N1CC[C@@]2(C(=O)O)CCC[C@@H]12. The zero-order valence-electron chi connectivity index (χ0n) is 13.8. The van der Waals surface area contributed by atoms with Crippen molar-refractivity contribution in [1.82, 2.24) is 14.9 Å². The van der Waals surface area contributed by atoms with Crippen LogP contribution in [0.15, 0.2) is 12.3 Å². The molecule has 3 fully saturated rings. The Morgan fingerprint density at radius 3 is 2.71 bits per heavy atom. The van der Waals surface area contributed by atoms with Crippen molar-refractivity contribution >= 4 is 11.9 Å². The first kappa shape index (κ1) is 15.5. The van der Waals surface area contributed by atoms with Crippen LogP contribution in [0.25, 0.3) is 0 Å². The van der Waals surface area contributed by atoms with Crippen LogP contribution in [0.4, 0.5) is 0 Å². The number of carboxylic acid groups (broad SMARTS) is 1. The molecule has 0 bridgehead atoms. The normalized spacial score (nSPS) is 29.8. The van der Waals surface area contributed by atoms with Gasteiger partial charge in [0.25, 0.3) is 5.91 Å². The molecule has 2 aliphatic carbocycles. The average molecular weight is 329 g/mol. The molecule has 2 heterocycles. The van der Waals surface area contributed by atoms with Gasteiger partial charge in [-0.25, -0.2) is 9.97 Å². The highest BCUT2D eigenvalue weighted by atomic mass is 16.4. The quantitative estimate of drug-likeness (QED) is 0.921. The van der Waals surface area contributed by atoms with Gasteiger partial charge >= 0.3 is 5.97 Å². The maximum Gasteiger partial charge on any atom is 0.311 e. The molecular formula is C18H23N3O3. The molecule has 6 nitrogen and oxygen atoms in total. The lowest BCUT2D eigenvalue weighted by atomic mass is 9.82. The number of amides is 1. The van der Waals surface area contributed by atoms with Gasteiger partial charge in [-0.05, 0) is 38.2 Å². The smallest absolute Gasteiger partial charge is 0.311 e. The van der Waals surface area contributed by atoms with Gasteiger partial charge in [0.1, 0.15) is 11.5 Å². The molecule has 24 heavy (non-hydrogen) atoms. The zero-order valence-corrected chi connectivity index (χ0v) is 13.8. The summed E-state index contributed by atoms with van der Waals surface area (Å²) in [4.78, 5) is 35.4. The Bertz CT molecular complexity index is 671. The number of carbonyl (C=O) groups excluding carboxylic acids is 1. The lowest BCUT2D eigenvalue weighted by Gasteiger charge is -2.28. The summed E-state index contributed by atoms with van der Waals surface area (Å²) in [6, 6.07) is 1.48. The third kappa shape index (κ3) is 2.31. The second-order valence-electron chi connectivity index (χ2n) is 7.40. The van der Waals surface area contributed by atoms with Gasteiger partial charge in [0, 0.05) is 24.7 Å². The van der Waals surface area contributed by atoms with Crippen LogP contribution in [-0.2, 0) is 4.79 Å². The fraction of sp³-hybridized carbons (Fsp3) is 0.667. The van der Waals surface area contributed by atoms with E-state index in [9.17, 15) is 14.7 Å².